The number of carbonyl (C=O) groups is 1. The van der Waals surface area contributed by atoms with E-state index in [0.29, 0.717) is 18.4 Å². The molecule has 3 aromatic carbocycles. The summed E-state index contributed by atoms with van der Waals surface area (Å²) >= 11 is 0. The molecule has 0 aliphatic carbocycles. The van der Waals surface area contributed by atoms with E-state index in [4.69, 9.17) is 14.6 Å². The highest BCUT2D eigenvalue weighted by atomic mass is 16.5. The summed E-state index contributed by atoms with van der Waals surface area (Å²) in [6.45, 7) is 6.27. The summed E-state index contributed by atoms with van der Waals surface area (Å²) in [5.74, 6) is 0.446. The maximum atomic E-state index is 10.6. The SMILES string of the molecule is COc1cc(C=CC=CC(=O)O)ccc1OCCCCCCCN1CCN(C(c2ccccc2)c2ccccc2)CC1. The van der Waals surface area contributed by atoms with E-state index in [1.165, 1.54) is 43.0 Å². The van der Waals surface area contributed by atoms with Crippen LogP contribution in [-0.2, 0) is 4.79 Å². The van der Waals surface area contributed by atoms with Gasteiger partial charge in [0.05, 0.1) is 19.8 Å². The molecule has 0 bridgehead atoms. The third-order valence-corrected chi connectivity index (χ3v) is 7.71. The van der Waals surface area contributed by atoms with E-state index < -0.39 is 5.97 Å². The second-order valence-corrected chi connectivity index (χ2v) is 10.7. The molecular formula is C36H44N2O4. The molecule has 1 N–H and O–H groups in total. The largest absolute Gasteiger partial charge is 0.493 e. The Balaban J connectivity index is 1.11. The van der Waals surface area contributed by atoms with Crippen molar-refractivity contribution in [3.63, 3.8) is 0 Å². The van der Waals surface area contributed by atoms with Crippen LogP contribution in [0.25, 0.3) is 6.08 Å². The van der Waals surface area contributed by atoms with Gasteiger partial charge in [0, 0.05) is 32.3 Å². The molecule has 42 heavy (non-hydrogen) atoms. The van der Waals surface area contributed by atoms with Crippen molar-refractivity contribution in [2.24, 2.45) is 0 Å². The number of carboxylic acid groups (broad SMARTS) is 1. The highest BCUT2D eigenvalue weighted by Gasteiger charge is 2.26. The van der Waals surface area contributed by atoms with Crippen LogP contribution in [0.2, 0.25) is 0 Å². The number of allylic oxidation sites excluding steroid dienone is 2. The van der Waals surface area contributed by atoms with Gasteiger partial charge in [-0.25, -0.2) is 4.79 Å². The van der Waals surface area contributed by atoms with Crippen molar-refractivity contribution >= 4 is 12.0 Å². The summed E-state index contributed by atoms with van der Waals surface area (Å²) in [7, 11) is 1.63. The van der Waals surface area contributed by atoms with Crippen LogP contribution in [0.3, 0.4) is 0 Å². The minimum atomic E-state index is -0.966. The number of benzene rings is 3. The Morgan fingerprint density at radius 1 is 0.810 bits per heavy atom. The van der Waals surface area contributed by atoms with Crippen LogP contribution in [-0.4, -0.2) is 67.3 Å². The van der Waals surface area contributed by atoms with E-state index in [2.05, 4.69) is 70.5 Å². The number of aliphatic carboxylic acids is 1. The molecule has 6 heteroatoms. The molecule has 1 saturated heterocycles. The van der Waals surface area contributed by atoms with Crippen molar-refractivity contribution in [2.45, 2.75) is 38.1 Å². The van der Waals surface area contributed by atoms with Crippen molar-refractivity contribution in [3.8, 4) is 11.5 Å². The van der Waals surface area contributed by atoms with Crippen LogP contribution in [0.15, 0.2) is 97.1 Å². The van der Waals surface area contributed by atoms with Crippen molar-refractivity contribution in [1.29, 1.82) is 0 Å². The van der Waals surface area contributed by atoms with Gasteiger partial charge in [0.25, 0.3) is 0 Å². The second-order valence-electron chi connectivity index (χ2n) is 10.7. The Labute approximate surface area is 250 Å². The van der Waals surface area contributed by atoms with Gasteiger partial charge in [0.1, 0.15) is 0 Å². The van der Waals surface area contributed by atoms with E-state index in [1.807, 2.05) is 24.3 Å². The number of piperazine rings is 1. The summed E-state index contributed by atoms with van der Waals surface area (Å²) in [4.78, 5) is 15.8. The predicted octanol–water partition coefficient (Wildman–Crippen LogP) is 7.09. The fourth-order valence-electron chi connectivity index (χ4n) is 5.49. The lowest BCUT2D eigenvalue weighted by atomic mass is 9.96. The lowest BCUT2D eigenvalue weighted by molar-refractivity contribution is -0.131. The number of carboxylic acids is 1. The first kappa shape index (κ1) is 31.1. The average molecular weight is 569 g/mol. The van der Waals surface area contributed by atoms with Gasteiger partial charge < -0.3 is 19.5 Å². The Hall–Kier alpha value is -3.87. The normalized spacial score (nSPS) is 14.6. The summed E-state index contributed by atoms with van der Waals surface area (Å²) in [5.41, 5.74) is 3.66. The van der Waals surface area contributed by atoms with Crippen LogP contribution in [0.5, 0.6) is 11.5 Å². The summed E-state index contributed by atoms with van der Waals surface area (Å²) in [6, 6.07) is 27.9. The molecule has 1 aliphatic rings. The molecular weight excluding hydrogens is 524 g/mol. The third kappa shape index (κ3) is 9.89. The van der Waals surface area contributed by atoms with Gasteiger partial charge in [-0.3, -0.25) is 4.90 Å². The Bertz CT molecular complexity index is 1230. The molecule has 222 valence electrons. The van der Waals surface area contributed by atoms with Gasteiger partial charge in [-0.05, 0) is 48.2 Å². The molecule has 0 amide bonds. The molecule has 1 aliphatic heterocycles. The number of methoxy groups -OCH3 is 1. The zero-order chi connectivity index (χ0) is 29.4. The van der Waals surface area contributed by atoms with Crippen LogP contribution in [0, 0.1) is 0 Å². The fraction of sp³-hybridized carbons (Fsp3) is 0.361. The predicted molar refractivity (Wildman–Crippen MR) is 170 cm³/mol. The van der Waals surface area contributed by atoms with Crippen LogP contribution >= 0.6 is 0 Å². The van der Waals surface area contributed by atoms with Crippen molar-refractivity contribution < 1.29 is 19.4 Å². The zero-order valence-corrected chi connectivity index (χ0v) is 24.7. The molecule has 0 radical (unpaired) electrons. The number of hydrogen-bond donors (Lipinski definition) is 1. The molecule has 0 spiro atoms. The molecule has 0 aromatic heterocycles. The maximum absolute atomic E-state index is 10.6. The highest BCUT2D eigenvalue weighted by Crippen LogP contribution is 2.30. The van der Waals surface area contributed by atoms with Gasteiger partial charge in [-0.1, -0.05) is 104 Å². The first-order valence-corrected chi connectivity index (χ1v) is 15.1. The molecule has 1 heterocycles. The van der Waals surface area contributed by atoms with Gasteiger partial charge in [-0.2, -0.15) is 0 Å². The van der Waals surface area contributed by atoms with E-state index in [-0.39, 0.29) is 0 Å². The standard InChI is InChI=1S/C36H44N2O4/c1-41-34-29-30(15-11-12-20-35(39)40)21-22-33(34)42-28-14-4-2-3-13-23-37-24-26-38(27-25-37)36(31-16-7-5-8-17-31)32-18-9-6-10-19-32/h5-12,15-22,29,36H,2-4,13-14,23-28H2,1H3,(H,39,40). The Kier molecular flexibility index (Phi) is 12.7. The minimum absolute atomic E-state index is 0.319. The summed E-state index contributed by atoms with van der Waals surface area (Å²) in [6.07, 6.45) is 12.0. The zero-order valence-electron chi connectivity index (χ0n) is 24.7. The Morgan fingerprint density at radius 3 is 2.10 bits per heavy atom. The van der Waals surface area contributed by atoms with Gasteiger partial charge >= 0.3 is 5.97 Å². The summed E-state index contributed by atoms with van der Waals surface area (Å²) in [5, 5.41) is 8.67. The van der Waals surface area contributed by atoms with Crippen molar-refractivity contribution in [1.82, 2.24) is 9.80 Å². The van der Waals surface area contributed by atoms with Crippen LogP contribution in [0.4, 0.5) is 0 Å². The Morgan fingerprint density at radius 2 is 1.45 bits per heavy atom. The number of nitrogens with zero attached hydrogens (tertiary/aromatic N) is 2. The lowest BCUT2D eigenvalue weighted by Crippen LogP contribution is -2.48. The summed E-state index contributed by atoms with van der Waals surface area (Å²) < 4.78 is 11.5. The minimum Gasteiger partial charge on any atom is -0.493 e. The smallest absolute Gasteiger partial charge is 0.328 e. The van der Waals surface area contributed by atoms with E-state index in [9.17, 15) is 4.79 Å². The molecule has 1 fully saturated rings. The number of unbranched alkanes of at least 4 members (excludes halogenated alkanes) is 4. The number of hydrogen-bond acceptors (Lipinski definition) is 5. The van der Waals surface area contributed by atoms with Crippen molar-refractivity contribution in [3.05, 3.63) is 114 Å². The first-order chi connectivity index (χ1) is 20.6. The second kappa shape index (κ2) is 17.2. The quantitative estimate of drug-likeness (QED) is 0.113. The molecule has 0 unspecified atom stereocenters. The molecule has 0 atom stereocenters. The number of rotatable bonds is 16. The average Bonchev–Trinajstić information content (AvgIpc) is 3.03. The monoisotopic (exact) mass is 568 g/mol. The van der Waals surface area contributed by atoms with E-state index in [0.717, 1.165) is 56.4 Å². The topological polar surface area (TPSA) is 62.2 Å². The highest BCUT2D eigenvalue weighted by molar-refractivity contribution is 5.80. The van der Waals surface area contributed by atoms with Crippen LogP contribution in [0.1, 0.15) is 54.8 Å². The number of ether oxygens (including phenoxy) is 2. The van der Waals surface area contributed by atoms with Gasteiger partial charge in [-0.15, -0.1) is 0 Å². The van der Waals surface area contributed by atoms with Crippen LogP contribution < -0.4 is 9.47 Å². The van der Waals surface area contributed by atoms with E-state index in [1.54, 1.807) is 13.2 Å². The molecule has 6 nitrogen and oxygen atoms in total. The fourth-order valence-corrected chi connectivity index (χ4v) is 5.49. The first-order valence-electron chi connectivity index (χ1n) is 15.1. The molecule has 3 aromatic rings. The molecule has 4 rings (SSSR count). The maximum Gasteiger partial charge on any atom is 0.328 e. The van der Waals surface area contributed by atoms with Crippen molar-refractivity contribution in [2.75, 3.05) is 46.4 Å². The molecule has 0 saturated carbocycles. The van der Waals surface area contributed by atoms with Gasteiger partial charge in [0.2, 0.25) is 0 Å². The van der Waals surface area contributed by atoms with E-state index >= 15 is 0 Å². The third-order valence-electron chi connectivity index (χ3n) is 7.71. The van der Waals surface area contributed by atoms with Gasteiger partial charge in [0.15, 0.2) is 11.5 Å². The lowest BCUT2D eigenvalue weighted by Gasteiger charge is -2.39.